The smallest absolute Gasteiger partial charge is 0.277 e. The van der Waals surface area contributed by atoms with E-state index in [1.54, 1.807) is 18.3 Å². The molecule has 0 aliphatic carbocycles. The van der Waals surface area contributed by atoms with Crippen molar-refractivity contribution in [2.45, 2.75) is 6.92 Å². The number of aromatic nitrogens is 1. The molecule has 122 valence electrons. The highest BCUT2D eigenvalue weighted by Crippen LogP contribution is 2.19. The lowest BCUT2D eigenvalue weighted by molar-refractivity contribution is -0.123. The molecule has 6 heteroatoms. The predicted octanol–water partition coefficient (Wildman–Crippen LogP) is 3.77. The number of hydrogen-bond acceptors (Lipinski definition) is 3. The molecule has 0 radical (unpaired) electrons. The second kappa shape index (κ2) is 7.31. The zero-order valence-electron chi connectivity index (χ0n) is 13.0. The number of rotatable bonds is 5. The van der Waals surface area contributed by atoms with Gasteiger partial charge in [-0.1, -0.05) is 34.1 Å². The number of H-pyrrole nitrogens is 1. The third-order valence-electron chi connectivity index (χ3n) is 3.51. The Morgan fingerprint density at radius 3 is 2.79 bits per heavy atom. The number of benzene rings is 2. The average Bonchev–Trinajstić information content (AvgIpc) is 2.90. The van der Waals surface area contributed by atoms with Crippen LogP contribution < -0.4 is 10.2 Å². The van der Waals surface area contributed by atoms with Crippen molar-refractivity contribution in [3.05, 3.63) is 64.3 Å². The van der Waals surface area contributed by atoms with Crippen molar-refractivity contribution < 1.29 is 9.53 Å². The van der Waals surface area contributed by atoms with E-state index in [1.165, 1.54) is 0 Å². The van der Waals surface area contributed by atoms with Crippen LogP contribution in [0.5, 0.6) is 5.75 Å². The summed E-state index contributed by atoms with van der Waals surface area (Å²) in [4.78, 5) is 15.1. The largest absolute Gasteiger partial charge is 0.484 e. The molecule has 0 saturated heterocycles. The van der Waals surface area contributed by atoms with Crippen LogP contribution in [0.3, 0.4) is 0 Å². The monoisotopic (exact) mass is 385 g/mol. The number of nitrogens with zero attached hydrogens (tertiary/aromatic N) is 1. The Hall–Kier alpha value is -2.60. The fraction of sp³-hybridized carbons (Fsp3) is 0.111. The van der Waals surface area contributed by atoms with Crippen LogP contribution in [0.4, 0.5) is 0 Å². The van der Waals surface area contributed by atoms with Gasteiger partial charge in [0.25, 0.3) is 5.91 Å². The number of fused-ring (bicyclic) bond motifs is 1. The van der Waals surface area contributed by atoms with Gasteiger partial charge in [-0.15, -0.1) is 0 Å². The molecule has 2 N–H and O–H groups in total. The van der Waals surface area contributed by atoms with Crippen molar-refractivity contribution in [1.82, 2.24) is 10.4 Å². The van der Waals surface area contributed by atoms with Gasteiger partial charge in [0.1, 0.15) is 5.75 Å². The van der Waals surface area contributed by atoms with E-state index in [4.69, 9.17) is 4.74 Å². The normalized spacial score (nSPS) is 11.1. The Morgan fingerprint density at radius 1 is 1.25 bits per heavy atom. The second-order valence-corrected chi connectivity index (χ2v) is 6.16. The molecule has 5 nitrogen and oxygen atoms in total. The fourth-order valence-corrected chi connectivity index (χ4v) is 2.61. The van der Waals surface area contributed by atoms with Crippen molar-refractivity contribution >= 4 is 39.0 Å². The van der Waals surface area contributed by atoms with Crippen LogP contribution >= 0.6 is 15.9 Å². The van der Waals surface area contributed by atoms with Gasteiger partial charge in [0.15, 0.2) is 6.61 Å². The number of carbonyl (C=O) groups excluding carboxylic acids is 1. The Morgan fingerprint density at radius 2 is 2.00 bits per heavy atom. The van der Waals surface area contributed by atoms with Crippen LogP contribution in [-0.2, 0) is 4.79 Å². The van der Waals surface area contributed by atoms with Crippen molar-refractivity contribution in [2.75, 3.05) is 6.61 Å². The van der Waals surface area contributed by atoms with Gasteiger partial charge in [-0.3, -0.25) is 4.79 Å². The molecule has 1 aromatic heterocycles. The lowest BCUT2D eigenvalue weighted by Gasteiger charge is -2.04. The molecule has 0 aliphatic heterocycles. The van der Waals surface area contributed by atoms with E-state index in [0.29, 0.717) is 5.75 Å². The number of ether oxygens (including phenoxy) is 1. The Bertz CT molecular complexity index is 885. The van der Waals surface area contributed by atoms with Gasteiger partial charge in [0.2, 0.25) is 0 Å². The maximum absolute atomic E-state index is 11.8. The molecule has 3 rings (SSSR count). The number of nitrogens with one attached hydrogen (secondary N) is 2. The van der Waals surface area contributed by atoms with E-state index in [-0.39, 0.29) is 12.5 Å². The van der Waals surface area contributed by atoms with E-state index in [0.717, 1.165) is 26.6 Å². The van der Waals surface area contributed by atoms with Crippen LogP contribution in [-0.4, -0.2) is 23.7 Å². The van der Waals surface area contributed by atoms with Crippen molar-refractivity contribution in [3.63, 3.8) is 0 Å². The highest BCUT2D eigenvalue weighted by Gasteiger charge is 2.06. The summed E-state index contributed by atoms with van der Waals surface area (Å²) < 4.78 is 6.35. The molecule has 0 atom stereocenters. The molecule has 0 saturated carbocycles. The van der Waals surface area contributed by atoms with Crippen molar-refractivity contribution in [1.29, 1.82) is 0 Å². The standard InChI is InChI=1S/C18H16BrN3O2/c1-12-16(15-4-2-3-5-17(15)21-12)10-20-22-18(23)11-24-14-8-6-13(19)7-9-14/h2-10,21H,11H2,1H3,(H,22,23). The first-order valence-corrected chi connectivity index (χ1v) is 8.20. The summed E-state index contributed by atoms with van der Waals surface area (Å²) in [5, 5.41) is 5.09. The van der Waals surface area contributed by atoms with Crippen LogP contribution in [0, 0.1) is 6.92 Å². The summed E-state index contributed by atoms with van der Waals surface area (Å²) in [5.41, 5.74) is 5.48. The predicted molar refractivity (Wildman–Crippen MR) is 98.4 cm³/mol. The topological polar surface area (TPSA) is 66.5 Å². The zero-order valence-corrected chi connectivity index (χ0v) is 14.6. The third kappa shape index (κ3) is 3.83. The minimum atomic E-state index is -0.313. The van der Waals surface area contributed by atoms with Gasteiger partial charge < -0.3 is 9.72 Å². The summed E-state index contributed by atoms with van der Waals surface area (Å²) in [6.07, 6.45) is 1.64. The molecule has 0 unspecified atom stereocenters. The first-order valence-electron chi connectivity index (χ1n) is 7.41. The molecule has 0 bridgehead atoms. The number of para-hydroxylation sites is 1. The van der Waals surface area contributed by atoms with Gasteiger partial charge in [-0.2, -0.15) is 5.10 Å². The molecule has 24 heavy (non-hydrogen) atoms. The Labute approximate surface area is 147 Å². The molecular formula is C18H16BrN3O2. The second-order valence-electron chi connectivity index (χ2n) is 5.25. The highest BCUT2D eigenvalue weighted by molar-refractivity contribution is 9.10. The van der Waals surface area contributed by atoms with E-state index in [2.05, 4.69) is 31.4 Å². The molecule has 0 spiro atoms. The molecular weight excluding hydrogens is 370 g/mol. The maximum atomic E-state index is 11.8. The first-order chi connectivity index (χ1) is 11.6. The Kier molecular flexibility index (Phi) is 4.96. The first kappa shape index (κ1) is 16.3. The van der Waals surface area contributed by atoms with Crippen molar-refractivity contribution in [3.8, 4) is 5.75 Å². The van der Waals surface area contributed by atoms with E-state index in [9.17, 15) is 4.79 Å². The Balaban J connectivity index is 1.58. The van der Waals surface area contributed by atoms with E-state index >= 15 is 0 Å². The highest BCUT2D eigenvalue weighted by atomic mass is 79.9. The molecule has 1 amide bonds. The van der Waals surface area contributed by atoms with E-state index in [1.807, 2.05) is 43.3 Å². The minimum absolute atomic E-state index is 0.0914. The quantitative estimate of drug-likeness (QED) is 0.518. The number of halogens is 1. The summed E-state index contributed by atoms with van der Waals surface area (Å²) in [6, 6.07) is 15.2. The van der Waals surface area contributed by atoms with Gasteiger partial charge in [0.05, 0.1) is 6.21 Å². The van der Waals surface area contributed by atoms with Crippen LogP contribution in [0.25, 0.3) is 10.9 Å². The molecule has 2 aromatic carbocycles. The summed E-state index contributed by atoms with van der Waals surface area (Å²) in [6.45, 7) is 1.88. The minimum Gasteiger partial charge on any atom is -0.484 e. The number of aromatic amines is 1. The van der Waals surface area contributed by atoms with Crippen LogP contribution in [0.15, 0.2) is 58.1 Å². The lowest BCUT2D eigenvalue weighted by Crippen LogP contribution is -2.24. The third-order valence-corrected chi connectivity index (χ3v) is 4.04. The fourth-order valence-electron chi connectivity index (χ4n) is 2.35. The van der Waals surface area contributed by atoms with Gasteiger partial charge in [0, 0.05) is 26.6 Å². The SMILES string of the molecule is Cc1[nH]c2ccccc2c1C=NNC(=O)COc1ccc(Br)cc1. The number of hydrogen-bond donors (Lipinski definition) is 2. The van der Waals surface area contributed by atoms with Crippen LogP contribution in [0.2, 0.25) is 0 Å². The van der Waals surface area contributed by atoms with Gasteiger partial charge in [-0.05, 0) is 37.3 Å². The molecule has 0 fully saturated rings. The number of aryl methyl sites for hydroxylation is 1. The lowest BCUT2D eigenvalue weighted by atomic mass is 10.1. The average molecular weight is 386 g/mol. The molecule has 3 aromatic rings. The number of amides is 1. The van der Waals surface area contributed by atoms with Crippen molar-refractivity contribution in [2.24, 2.45) is 5.10 Å². The number of hydrazone groups is 1. The number of carbonyl (C=O) groups is 1. The summed E-state index contributed by atoms with van der Waals surface area (Å²) >= 11 is 3.34. The van der Waals surface area contributed by atoms with Gasteiger partial charge >= 0.3 is 0 Å². The molecule has 0 aliphatic rings. The van der Waals surface area contributed by atoms with Crippen LogP contribution in [0.1, 0.15) is 11.3 Å². The zero-order chi connectivity index (χ0) is 16.9. The summed E-state index contributed by atoms with van der Waals surface area (Å²) in [5.74, 6) is 0.316. The van der Waals surface area contributed by atoms with Gasteiger partial charge in [-0.25, -0.2) is 5.43 Å². The van der Waals surface area contributed by atoms with E-state index < -0.39 is 0 Å². The molecule has 1 heterocycles. The maximum Gasteiger partial charge on any atom is 0.277 e. The summed E-state index contributed by atoms with van der Waals surface area (Å²) in [7, 11) is 0.